The molecule has 1 aromatic rings. The van der Waals surface area contributed by atoms with Gasteiger partial charge in [0.1, 0.15) is 5.82 Å². The van der Waals surface area contributed by atoms with Crippen molar-refractivity contribution in [3.63, 3.8) is 0 Å². The lowest BCUT2D eigenvalue weighted by atomic mass is 10.1. The molecule has 0 aliphatic rings. The summed E-state index contributed by atoms with van der Waals surface area (Å²) in [5.74, 6) is -2.52. The van der Waals surface area contributed by atoms with Crippen LogP contribution in [-0.4, -0.2) is 31.1 Å². The minimum absolute atomic E-state index is 0.108. The number of halogens is 4. The van der Waals surface area contributed by atoms with Gasteiger partial charge in [0.15, 0.2) is 6.10 Å². The van der Waals surface area contributed by atoms with Gasteiger partial charge in [0, 0.05) is 6.42 Å². The third kappa shape index (κ3) is 4.17. The zero-order valence-electron chi connectivity index (χ0n) is 9.59. The Bertz CT molecular complexity index is 579. The molecule has 0 fully saturated rings. The van der Waals surface area contributed by atoms with E-state index in [-0.39, 0.29) is 5.56 Å². The molecule has 0 heterocycles. The van der Waals surface area contributed by atoms with Crippen LogP contribution in [0.15, 0.2) is 24.3 Å². The van der Waals surface area contributed by atoms with Crippen molar-refractivity contribution < 1.29 is 40.1 Å². The molecule has 1 aromatic carbocycles. The standard InChI is InChI=1S/C10H8F4O5S/c11-7-3-1-6(2-4-7)5-8(9(15)16)19-20(17,18)10(12,13)14/h1-4,8H,5H2,(H,15,16)/t8-/m1/s1. The molecule has 112 valence electrons. The maximum Gasteiger partial charge on any atom is 0.523 e. The van der Waals surface area contributed by atoms with E-state index in [2.05, 4.69) is 4.18 Å². The Labute approximate surface area is 110 Å². The van der Waals surface area contributed by atoms with Crippen molar-refractivity contribution in [3.05, 3.63) is 35.6 Å². The first-order valence-corrected chi connectivity index (χ1v) is 6.40. The lowest BCUT2D eigenvalue weighted by Gasteiger charge is -2.15. The van der Waals surface area contributed by atoms with Crippen molar-refractivity contribution in [1.29, 1.82) is 0 Å². The van der Waals surface area contributed by atoms with E-state index < -0.39 is 39.9 Å². The predicted molar refractivity (Wildman–Crippen MR) is 57.6 cm³/mol. The zero-order valence-corrected chi connectivity index (χ0v) is 10.4. The molecule has 0 unspecified atom stereocenters. The highest BCUT2D eigenvalue weighted by molar-refractivity contribution is 7.87. The topological polar surface area (TPSA) is 80.7 Å². The van der Waals surface area contributed by atoms with Gasteiger partial charge in [-0.1, -0.05) is 12.1 Å². The highest BCUT2D eigenvalue weighted by Gasteiger charge is 2.49. The number of hydrogen-bond acceptors (Lipinski definition) is 4. The summed E-state index contributed by atoms with van der Waals surface area (Å²) >= 11 is 0. The predicted octanol–water partition coefficient (Wildman–Crippen LogP) is 1.69. The Hall–Kier alpha value is -1.68. The molecule has 20 heavy (non-hydrogen) atoms. The molecule has 1 atom stereocenters. The second kappa shape index (κ2) is 5.75. The van der Waals surface area contributed by atoms with Crippen molar-refractivity contribution in [2.45, 2.75) is 18.0 Å². The lowest BCUT2D eigenvalue weighted by molar-refractivity contribution is -0.145. The van der Waals surface area contributed by atoms with Crippen LogP contribution in [0.25, 0.3) is 0 Å². The summed E-state index contributed by atoms with van der Waals surface area (Å²) in [5, 5.41) is 8.69. The highest BCUT2D eigenvalue weighted by Crippen LogP contribution is 2.26. The molecule has 5 nitrogen and oxygen atoms in total. The molecule has 0 aliphatic heterocycles. The van der Waals surface area contributed by atoms with Crippen LogP contribution in [0.4, 0.5) is 17.6 Å². The SMILES string of the molecule is O=C(O)[C@@H](Cc1ccc(F)cc1)OS(=O)(=O)C(F)(F)F. The van der Waals surface area contributed by atoms with Gasteiger partial charge in [0.2, 0.25) is 0 Å². The first kappa shape index (κ1) is 16.4. The zero-order chi connectivity index (χ0) is 15.6. The fourth-order valence-electron chi connectivity index (χ4n) is 1.20. The largest absolute Gasteiger partial charge is 0.523 e. The molecule has 1 rings (SSSR count). The van der Waals surface area contributed by atoms with E-state index in [9.17, 15) is 30.8 Å². The van der Waals surface area contributed by atoms with Gasteiger partial charge in [-0.2, -0.15) is 21.6 Å². The van der Waals surface area contributed by atoms with Crippen LogP contribution in [0.1, 0.15) is 5.56 Å². The molecule has 0 bridgehead atoms. The number of benzene rings is 1. The van der Waals surface area contributed by atoms with Crippen molar-refractivity contribution in [3.8, 4) is 0 Å². The van der Waals surface area contributed by atoms with Gasteiger partial charge < -0.3 is 5.11 Å². The fourth-order valence-corrected chi connectivity index (χ4v) is 1.77. The number of aliphatic carboxylic acids is 1. The molecule has 0 spiro atoms. The number of carboxylic acid groups (broad SMARTS) is 1. The second-order valence-electron chi connectivity index (χ2n) is 3.65. The summed E-state index contributed by atoms with van der Waals surface area (Å²) in [6.45, 7) is 0. The molecular weight excluding hydrogens is 308 g/mol. The summed E-state index contributed by atoms with van der Waals surface area (Å²) in [4.78, 5) is 10.7. The average Bonchev–Trinajstić information content (AvgIpc) is 2.29. The molecule has 10 heteroatoms. The monoisotopic (exact) mass is 316 g/mol. The molecule has 0 saturated carbocycles. The van der Waals surface area contributed by atoms with Crippen LogP contribution in [0.5, 0.6) is 0 Å². The van der Waals surface area contributed by atoms with Crippen molar-refractivity contribution >= 4 is 16.1 Å². The van der Waals surface area contributed by atoms with Gasteiger partial charge in [-0.25, -0.2) is 13.4 Å². The summed E-state index contributed by atoms with van der Waals surface area (Å²) in [6, 6.07) is 4.11. The molecule has 0 saturated heterocycles. The number of carboxylic acids is 1. The summed E-state index contributed by atoms with van der Waals surface area (Å²) in [7, 11) is -6.03. The smallest absolute Gasteiger partial charge is 0.479 e. The number of hydrogen-bond donors (Lipinski definition) is 1. The van der Waals surface area contributed by atoms with Crippen molar-refractivity contribution in [2.75, 3.05) is 0 Å². The molecule has 0 aliphatic carbocycles. The Morgan fingerprint density at radius 1 is 1.25 bits per heavy atom. The highest BCUT2D eigenvalue weighted by atomic mass is 32.2. The van der Waals surface area contributed by atoms with Gasteiger partial charge >= 0.3 is 21.6 Å². The lowest BCUT2D eigenvalue weighted by Crippen LogP contribution is -2.35. The van der Waals surface area contributed by atoms with Gasteiger partial charge in [0.25, 0.3) is 0 Å². The van der Waals surface area contributed by atoms with Crippen LogP contribution >= 0.6 is 0 Å². The number of alkyl halides is 3. The Morgan fingerprint density at radius 2 is 1.75 bits per heavy atom. The van der Waals surface area contributed by atoms with Crippen LogP contribution in [0, 0.1) is 5.82 Å². The van der Waals surface area contributed by atoms with Crippen molar-refractivity contribution in [2.24, 2.45) is 0 Å². The normalized spacial score (nSPS) is 14.0. The Kier molecular flexibility index (Phi) is 4.71. The molecule has 0 radical (unpaired) electrons. The van der Waals surface area contributed by atoms with Crippen LogP contribution in [-0.2, 0) is 25.5 Å². The first-order valence-electron chi connectivity index (χ1n) is 5.00. The van der Waals surface area contributed by atoms with E-state index in [1.807, 2.05) is 0 Å². The van der Waals surface area contributed by atoms with Gasteiger partial charge in [0.05, 0.1) is 0 Å². The van der Waals surface area contributed by atoms with E-state index in [1.54, 1.807) is 0 Å². The van der Waals surface area contributed by atoms with Gasteiger partial charge in [-0.15, -0.1) is 0 Å². The molecule has 0 aromatic heterocycles. The van der Waals surface area contributed by atoms with Gasteiger partial charge in [-0.3, -0.25) is 0 Å². The third-order valence-electron chi connectivity index (χ3n) is 2.14. The molecule has 0 amide bonds. The van der Waals surface area contributed by atoms with Crippen LogP contribution in [0.3, 0.4) is 0 Å². The van der Waals surface area contributed by atoms with E-state index in [1.165, 1.54) is 0 Å². The average molecular weight is 316 g/mol. The van der Waals surface area contributed by atoms with E-state index in [0.29, 0.717) is 0 Å². The second-order valence-corrected chi connectivity index (χ2v) is 5.22. The summed E-state index contributed by atoms with van der Waals surface area (Å²) in [6.07, 6.45) is -2.92. The Balaban J connectivity index is 2.92. The summed E-state index contributed by atoms with van der Waals surface area (Å²) < 4.78 is 74.0. The minimum Gasteiger partial charge on any atom is -0.479 e. The van der Waals surface area contributed by atoms with E-state index in [4.69, 9.17) is 5.11 Å². The Morgan fingerprint density at radius 3 is 2.15 bits per heavy atom. The summed E-state index contributed by atoms with van der Waals surface area (Å²) in [5.41, 5.74) is -5.61. The third-order valence-corrected chi connectivity index (χ3v) is 3.19. The minimum atomic E-state index is -6.03. The number of rotatable bonds is 5. The van der Waals surface area contributed by atoms with Crippen LogP contribution in [0.2, 0.25) is 0 Å². The fraction of sp³-hybridized carbons (Fsp3) is 0.300. The maximum atomic E-state index is 12.6. The van der Waals surface area contributed by atoms with E-state index >= 15 is 0 Å². The first-order chi connectivity index (χ1) is 9.03. The van der Waals surface area contributed by atoms with Gasteiger partial charge in [-0.05, 0) is 17.7 Å². The quantitative estimate of drug-likeness (QED) is 0.508. The maximum absolute atomic E-state index is 12.6. The van der Waals surface area contributed by atoms with E-state index in [0.717, 1.165) is 24.3 Å². The van der Waals surface area contributed by atoms with Crippen molar-refractivity contribution in [1.82, 2.24) is 0 Å². The number of carbonyl (C=O) groups is 1. The van der Waals surface area contributed by atoms with Crippen LogP contribution < -0.4 is 0 Å². The molecule has 1 N–H and O–H groups in total. The molecular formula is C10H8F4O5S.